The Labute approximate surface area is 126 Å². The van der Waals surface area contributed by atoms with Crippen LogP contribution in [0, 0.1) is 0 Å². The molecule has 2 amide bonds. The Morgan fingerprint density at radius 2 is 1.90 bits per heavy atom. The van der Waals surface area contributed by atoms with E-state index in [0.717, 1.165) is 12.8 Å². The van der Waals surface area contributed by atoms with Crippen LogP contribution < -0.4 is 5.43 Å². The third-order valence-corrected chi connectivity index (χ3v) is 3.65. The zero-order valence-electron chi connectivity index (χ0n) is 10.6. The second kappa shape index (κ2) is 6.72. The number of amides is 2. The number of hydrogen-bond acceptors (Lipinski definition) is 3. The van der Waals surface area contributed by atoms with E-state index in [1.54, 1.807) is 18.2 Å². The summed E-state index contributed by atoms with van der Waals surface area (Å²) in [5, 5.41) is 4.57. The van der Waals surface area contributed by atoms with Crippen molar-refractivity contribution in [1.29, 1.82) is 0 Å². The molecule has 0 unspecified atom stereocenters. The average Bonchev–Trinajstić information content (AvgIpc) is 2.96. The van der Waals surface area contributed by atoms with Crippen molar-refractivity contribution in [1.82, 2.24) is 10.3 Å². The van der Waals surface area contributed by atoms with E-state index in [1.165, 1.54) is 11.1 Å². The molecule has 0 aliphatic carbocycles. The maximum atomic E-state index is 11.7. The number of benzene rings is 1. The van der Waals surface area contributed by atoms with Crippen LogP contribution in [0.1, 0.15) is 18.4 Å². The van der Waals surface area contributed by atoms with Gasteiger partial charge in [0.1, 0.15) is 0 Å². The lowest BCUT2D eigenvalue weighted by molar-refractivity contribution is -0.145. The molecule has 7 heteroatoms. The molecule has 1 aliphatic rings. The van der Waals surface area contributed by atoms with Crippen molar-refractivity contribution >= 4 is 41.2 Å². The van der Waals surface area contributed by atoms with Gasteiger partial charge < -0.3 is 4.90 Å². The number of nitrogens with one attached hydrogen (secondary N) is 1. The van der Waals surface area contributed by atoms with Crippen LogP contribution in [0.15, 0.2) is 23.3 Å². The monoisotopic (exact) mass is 313 g/mol. The summed E-state index contributed by atoms with van der Waals surface area (Å²) in [6.07, 6.45) is 3.27. The summed E-state index contributed by atoms with van der Waals surface area (Å²) in [6, 6.07) is 4.94. The van der Waals surface area contributed by atoms with Crippen molar-refractivity contribution in [2.75, 3.05) is 13.1 Å². The minimum Gasteiger partial charge on any atom is -0.334 e. The fraction of sp³-hybridized carbons (Fsp3) is 0.308. The highest BCUT2D eigenvalue weighted by Gasteiger charge is 2.23. The van der Waals surface area contributed by atoms with E-state index in [1.807, 2.05) is 0 Å². The Balaban J connectivity index is 1.90. The third-order valence-electron chi connectivity index (χ3n) is 2.91. The Morgan fingerprint density at radius 3 is 2.55 bits per heavy atom. The summed E-state index contributed by atoms with van der Waals surface area (Å²) in [6.45, 7) is 1.26. The summed E-state index contributed by atoms with van der Waals surface area (Å²) < 4.78 is 0. The van der Waals surface area contributed by atoms with Crippen molar-refractivity contribution < 1.29 is 9.59 Å². The highest BCUT2D eigenvalue weighted by Crippen LogP contribution is 2.21. The van der Waals surface area contributed by atoms with Gasteiger partial charge in [0.2, 0.25) is 0 Å². The molecule has 20 heavy (non-hydrogen) atoms. The number of hydrogen-bond donors (Lipinski definition) is 1. The van der Waals surface area contributed by atoms with E-state index >= 15 is 0 Å². The van der Waals surface area contributed by atoms with Gasteiger partial charge in [-0.05, 0) is 30.5 Å². The van der Waals surface area contributed by atoms with E-state index in [2.05, 4.69) is 10.5 Å². The SMILES string of the molecule is O=C(N/N=C\c1ccc(Cl)c(Cl)c1)C(=O)N1CCCC1. The first-order valence-corrected chi connectivity index (χ1v) is 6.91. The average molecular weight is 314 g/mol. The number of nitrogens with zero attached hydrogens (tertiary/aromatic N) is 2. The first kappa shape index (κ1) is 14.8. The standard InChI is InChI=1S/C13H13Cl2N3O2/c14-10-4-3-9(7-11(10)15)8-16-17-12(19)13(20)18-5-1-2-6-18/h3-4,7-8H,1-2,5-6H2,(H,17,19)/b16-8-. The molecule has 106 valence electrons. The van der Waals surface area contributed by atoms with Gasteiger partial charge in [-0.1, -0.05) is 29.3 Å². The fourth-order valence-corrected chi connectivity index (χ4v) is 2.18. The molecule has 0 saturated carbocycles. The number of likely N-dealkylation sites (tertiary alicyclic amines) is 1. The van der Waals surface area contributed by atoms with Gasteiger partial charge in [-0.15, -0.1) is 0 Å². The van der Waals surface area contributed by atoms with Crippen molar-refractivity contribution in [3.05, 3.63) is 33.8 Å². The van der Waals surface area contributed by atoms with E-state index in [4.69, 9.17) is 23.2 Å². The molecule has 2 rings (SSSR count). The van der Waals surface area contributed by atoms with E-state index in [0.29, 0.717) is 28.7 Å². The van der Waals surface area contributed by atoms with Gasteiger partial charge in [-0.25, -0.2) is 5.43 Å². The second-order valence-electron chi connectivity index (χ2n) is 4.37. The van der Waals surface area contributed by atoms with Gasteiger partial charge in [0.15, 0.2) is 0 Å². The Morgan fingerprint density at radius 1 is 1.20 bits per heavy atom. The number of hydrazone groups is 1. The number of carbonyl (C=O) groups is 2. The third kappa shape index (κ3) is 3.71. The van der Waals surface area contributed by atoms with Crippen molar-refractivity contribution in [3.63, 3.8) is 0 Å². The van der Waals surface area contributed by atoms with Gasteiger partial charge in [0.25, 0.3) is 0 Å². The van der Waals surface area contributed by atoms with Gasteiger partial charge in [0.05, 0.1) is 16.3 Å². The molecule has 0 radical (unpaired) electrons. The van der Waals surface area contributed by atoms with Gasteiger partial charge in [-0.2, -0.15) is 5.10 Å². The molecule has 0 aromatic heterocycles. The maximum absolute atomic E-state index is 11.7. The predicted octanol–water partition coefficient (Wildman–Crippen LogP) is 2.07. The van der Waals surface area contributed by atoms with E-state index in [-0.39, 0.29) is 0 Å². The molecule has 5 nitrogen and oxygen atoms in total. The van der Waals surface area contributed by atoms with Crippen LogP contribution in [0.2, 0.25) is 10.0 Å². The molecule has 1 fully saturated rings. The highest BCUT2D eigenvalue weighted by molar-refractivity contribution is 6.42. The first-order valence-electron chi connectivity index (χ1n) is 6.15. The molecule has 1 heterocycles. The molecule has 1 saturated heterocycles. The van der Waals surface area contributed by atoms with Crippen molar-refractivity contribution in [3.8, 4) is 0 Å². The predicted molar refractivity (Wildman–Crippen MR) is 78.0 cm³/mol. The Kier molecular flexibility index (Phi) is 4.98. The van der Waals surface area contributed by atoms with Crippen LogP contribution in [0.4, 0.5) is 0 Å². The van der Waals surface area contributed by atoms with Gasteiger partial charge >= 0.3 is 11.8 Å². The van der Waals surface area contributed by atoms with Crippen molar-refractivity contribution in [2.24, 2.45) is 5.10 Å². The topological polar surface area (TPSA) is 61.8 Å². The maximum Gasteiger partial charge on any atom is 0.329 e. The quantitative estimate of drug-likeness (QED) is 0.516. The highest BCUT2D eigenvalue weighted by atomic mass is 35.5. The van der Waals surface area contributed by atoms with Gasteiger partial charge in [0, 0.05) is 13.1 Å². The van der Waals surface area contributed by atoms with Crippen LogP contribution in [-0.4, -0.2) is 36.0 Å². The summed E-state index contributed by atoms with van der Waals surface area (Å²) in [5.74, 6) is -1.28. The van der Waals surface area contributed by atoms with Crippen LogP contribution >= 0.6 is 23.2 Å². The lowest BCUT2D eigenvalue weighted by Gasteiger charge is -2.12. The van der Waals surface area contributed by atoms with Crippen LogP contribution in [0.25, 0.3) is 0 Å². The second-order valence-corrected chi connectivity index (χ2v) is 5.19. The lowest BCUT2D eigenvalue weighted by atomic mass is 10.2. The Hall–Kier alpha value is -1.59. The zero-order chi connectivity index (χ0) is 14.5. The minimum atomic E-state index is -0.733. The number of carbonyl (C=O) groups excluding carboxylic acids is 2. The molecular weight excluding hydrogens is 301 g/mol. The summed E-state index contributed by atoms with van der Waals surface area (Å²) in [4.78, 5) is 24.8. The zero-order valence-corrected chi connectivity index (χ0v) is 12.1. The van der Waals surface area contributed by atoms with Crippen LogP contribution in [0.5, 0.6) is 0 Å². The first-order chi connectivity index (χ1) is 9.58. The molecule has 0 bridgehead atoms. The lowest BCUT2D eigenvalue weighted by Crippen LogP contribution is -2.39. The molecular formula is C13H13Cl2N3O2. The molecule has 0 atom stereocenters. The van der Waals surface area contributed by atoms with Gasteiger partial charge in [-0.3, -0.25) is 9.59 Å². The molecule has 1 N–H and O–H groups in total. The van der Waals surface area contributed by atoms with E-state index < -0.39 is 11.8 Å². The van der Waals surface area contributed by atoms with Crippen LogP contribution in [-0.2, 0) is 9.59 Å². The fourth-order valence-electron chi connectivity index (χ4n) is 1.87. The summed E-state index contributed by atoms with van der Waals surface area (Å²) in [7, 11) is 0. The molecule has 1 aromatic carbocycles. The molecule has 1 aromatic rings. The summed E-state index contributed by atoms with van der Waals surface area (Å²) >= 11 is 11.6. The van der Waals surface area contributed by atoms with Crippen molar-refractivity contribution in [2.45, 2.75) is 12.8 Å². The van der Waals surface area contributed by atoms with E-state index in [9.17, 15) is 9.59 Å². The number of halogens is 2. The molecule has 1 aliphatic heterocycles. The van der Waals surface area contributed by atoms with Crippen LogP contribution in [0.3, 0.4) is 0 Å². The minimum absolute atomic E-state index is 0.398. The summed E-state index contributed by atoms with van der Waals surface area (Å²) in [5.41, 5.74) is 2.88. The largest absolute Gasteiger partial charge is 0.334 e. The molecule has 0 spiro atoms. The smallest absolute Gasteiger partial charge is 0.329 e. The number of rotatable bonds is 2. The normalized spacial score (nSPS) is 14.8. The Bertz CT molecular complexity index is 555.